The van der Waals surface area contributed by atoms with E-state index in [4.69, 9.17) is 4.42 Å². The molecule has 0 atom stereocenters. The molecule has 0 fully saturated rings. The van der Waals surface area contributed by atoms with Crippen molar-refractivity contribution in [2.24, 2.45) is 0 Å². The van der Waals surface area contributed by atoms with E-state index in [1.54, 1.807) is 6.92 Å². The van der Waals surface area contributed by atoms with Gasteiger partial charge in [-0.2, -0.15) is 0 Å². The van der Waals surface area contributed by atoms with Gasteiger partial charge in [0.2, 0.25) is 0 Å². The van der Waals surface area contributed by atoms with Crippen molar-refractivity contribution in [3.8, 4) is 0 Å². The summed E-state index contributed by atoms with van der Waals surface area (Å²) >= 11 is 0. The summed E-state index contributed by atoms with van der Waals surface area (Å²) < 4.78 is 4.99. The molecule has 2 aromatic rings. The van der Waals surface area contributed by atoms with Gasteiger partial charge in [-0.15, -0.1) is 0 Å². The molecule has 2 rings (SSSR count). The number of rotatable bonds is 3. The molecular formula is C13H13N3O4. The number of aromatic amines is 1. The zero-order chi connectivity index (χ0) is 14.7. The molecule has 2 aromatic heterocycles. The maximum absolute atomic E-state index is 11.7. The van der Waals surface area contributed by atoms with Crippen LogP contribution in [0.5, 0.6) is 0 Å². The van der Waals surface area contributed by atoms with E-state index >= 15 is 0 Å². The van der Waals surface area contributed by atoms with Crippen LogP contribution >= 0.6 is 0 Å². The number of hydrogen-bond donors (Lipinski definition) is 3. The number of hydrogen-bond acceptors (Lipinski definition) is 4. The fourth-order valence-electron chi connectivity index (χ4n) is 1.60. The molecule has 0 aliphatic carbocycles. The summed E-state index contributed by atoms with van der Waals surface area (Å²) in [5.41, 5.74) is 5.41. The highest BCUT2D eigenvalue weighted by Crippen LogP contribution is 2.08. The molecule has 0 saturated carbocycles. The molecule has 7 nitrogen and oxygen atoms in total. The quantitative estimate of drug-likeness (QED) is 0.578. The Bertz CT molecular complexity index is 669. The lowest BCUT2D eigenvalue weighted by molar-refractivity contribution is 0.0843. The van der Waals surface area contributed by atoms with Crippen LogP contribution in [0.15, 0.2) is 29.0 Å². The monoisotopic (exact) mass is 275 g/mol. The summed E-state index contributed by atoms with van der Waals surface area (Å²) in [4.78, 5) is 37.2. The van der Waals surface area contributed by atoms with Crippen LogP contribution in [0.2, 0.25) is 0 Å². The first-order chi connectivity index (χ1) is 9.49. The Morgan fingerprint density at radius 1 is 1.20 bits per heavy atom. The van der Waals surface area contributed by atoms with E-state index in [2.05, 4.69) is 15.8 Å². The van der Waals surface area contributed by atoms with Crippen molar-refractivity contribution >= 4 is 17.6 Å². The van der Waals surface area contributed by atoms with Crippen LogP contribution in [0.1, 0.15) is 43.9 Å². The van der Waals surface area contributed by atoms with E-state index < -0.39 is 11.8 Å². The molecule has 0 aromatic carbocycles. The van der Waals surface area contributed by atoms with Gasteiger partial charge < -0.3 is 9.40 Å². The van der Waals surface area contributed by atoms with Crippen LogP contribution in [-0.4, -0.2) is 22.6 Å². The van der Waals surface area contributed by atoms with Gasteiger partial charge in [-0.3, -0.25) is 25.2 Å². The highest BCUT2D eigenvalue weighted by molar-refractivity contribution is 6.01. The minimum atomic E-state index is -0.549. The lowest BCUT2D eigenvalue weighted by Crippen LogP contribution is -2.41. The smallest absolute Gasteiger partial charge is 0.286 e. The highest BCUT2D eigenvalue weighted by atomic mass is 16.3. The third-order valence-corrected chi connectivity index (χ3v) is 2.73. The largest absolute Gasteiger partial charge is 0.469 e. The average molecular weight is 275 g/mol. The lowest BCUT2D eigenvalue weighted by atomic mass is 10.2. The van der Waals surface area contributed by atoms with E-state index in [1.165, 1.54) is 31.5 Å². The second kappa shape index (κ2) is 5.43. The van der Waals surface area contributed by atoms with E-state index in [-0.39, 0.29) is 11.5 Å². The van der Waals surface area contributed by atoms with Gasteiger partial charge in [0, 0.05) is 11.8 Å². The molecule has 0 spiro atoms. The maximum atomic E-state index is 11.7. The lowest BCUT2D eigenvalue weighted by Gasteiger charge is -2.05. The van der Waals surface area contributed by atoms with Crippen molar-refractivity contribution in [1.82, 2.24) is 15.8 Å². The molecule has 104 valence electrons. The summed E-state index contributed by atoms with van der Waals surface area (Å²) in [6, 6.07) is 2.91. The number of furan rings is 1. The summed E-state index contributed by atoms with van der Waals surface area (Å²) in [6.07, 6.45) is 2.81. The molecule has 2 amide bonds. The molecule has 3 N–H and O–H groups in total. The van der Waals surface area contributed by atoms with Crippen molar-refractivity contribution in [2.45, 2.75) is 13.8 Å². The van der Waals surface area contributed by atoms with Crippen molar-refractivity contribution in [3.63, 3.8) is 0 Å². The fraction of sp³-hybridized carbons (Fsp3) is 0.154. The van der Waals surface area contributed by atoms with Crippen molar-refractivity contribution in [1.29, 1.82) is 0 Å². The van der Waals surface area contributed by atoms with E-state index in [0.29, 0.717) is 16.9 Å². The Labute approximate surface area is 114 Å². The Balaban J connectivity index is 1.96. The molecule has 2 heterocycles. The molecule has 0 saturated heterocycles. The van der Waals surface area contributed by atoms with Crippen LogP contribution < -0.4 is 10.9 Å². The Kier molecular flexibility index (Phi) is 3.69. The van der Waals surface area contributed by atoms with Crippen LogP contribution in [0.4, 0.5) is 0 Å². The first kappa shape index (κ1) is 13.6. The van der Waals surface area contributed by atoms with E-state index in [9.17, 15) is 14.4 Å². The molecule has 0 bridgehead atoms. The van der Waals surface area contributed by atoms with Crippen LogP contribution in [0.3, 0.4) is 0 Å². The SMILES string of the molecule is CC(=O)c1c[nH]c(C(=O)NNC(=O)c2ccoc2C)c1. The van der Waals surface area contributed by atoms with E-state index in [1.807, 2.05) is 0 Å². The second-order valence-corrected chi connectivity index (χ2v) is 4.16. The standard InChI is InChI=1S/C13H13N3O4/c1-7(17)9-5-11(14-6-9)13(19)16-15-12(18)10-3-4-20-8(10)2/h3-6,14H,1-2H3,(H,15,18)(H,16,19). The number of amides is 2. The molecular weight excluding hydrogens is 262 g/mol. The zero-order valence-corrected chi connectivity index (χ0v) is 10.9. The molecule has 20 heavy (non-hydrogen) atoms. The zero-order valence-electron chi connectivity index (χ0n) is 10.9. The third kappa shape index (κ3) is 2.77. The van der Waals surface area contributed by atoms with Gasteiger partial charge >= 0.3 is 0 Å². The van der Waals surface area contributed by atoms with E-state index in [0.717, 1.165) is 0 Å². The summed E-state index contributed by atoms with van der Waals surface area (Å²) in [7, 11) is 0. The maximum Gasteiger partial charge on any atom is 0.286 e. The van der Waals surface area contributed by atoms with Gasteiger partial charge in [0.05, 0.1) is 11.8 Å². The number of carbonyl (C=O) groups is 3. The van der Waals surface area contributed by atoms with Gasteiger partial charge in [0.25, 0.3) is 11.8 Å². The van der Waals surface area contributed by atoms with Crippen molar-refractivity contribution in [3.05, 3.63) is 47.2 Å². The summed E-state index contributed by atoms with van der Waals surface area (Å²) in [6.45, 7) is 3.04. The van der Waals surface area contributed by atoms with Gasteiger partial charge in [0.1, 0.15) is 11.5 Å². The number of aromatic nitrogens is 1. The summed E-state index contributed by atoms with van der Waals surface area (Å²) in [5.74, 6) is -0.733. The highest BCUT2D eigenvalue weighted by Gasteiger charge is 2.14. The number of hydrazine groups is 1. The third-order valence-electron chi connectivity index (χ3n) is 2.73. The predicted molar refractivity (Wildman–Crippen MR) is 69.2 cm³/mol. The molecule has 0 radical (unpaired) electrons. The first-order valence-corrected chi connectivity index (χ1v) is 5.83. The number of ketones is 1. The molecule has 7 heteroatoms. The normalized spacial score (nSPS) is 10.1. The average Bonchev–Trinajstić information content (AvgIpc) is 3.04. The minimum absolute atomic E-state index is 0.154. The number of aryl methyl sites for hydroxylation is 1. The van der Waals surface area contributed by atoms with Gasteiger partial charge in [-0.05, 0) is 26.0 Å². The van der Waals surface area contributed by atoms with Crippen molar-refractivity contribution < 1.29 is 18.8 Å². The van der Waals surface area contributed by atoms with Gasteiger partial charge in [-0.1, -0.05) is 0 Å². The second-order valence-electron chi connectivity index (χ2n) is 4.16. The number of H-pyrrole nitrogens is 1. The van der Waals surface area contributed by atoms with Crippen LogP contribution in [-0.2, 0) is 0 Å². The van der Waals surface area contributed by atoms with Crippen LogP contribution in [0.25, 0.3) is 0 Å². The van der Waals surface area contributed by atoms with Gasteiger partial charge in [-0.25, -0.2) is 0 Å². The number of nitrogens with one attached hydrogen (secondary N) is 3. The Morgan fingerprint density at radius 2 is 1.90 bits per heavy atom. The Morgan fingerprint density at radius 3 is 2.45 bits per heavy atom. The molecule has 0 unspecified atom stereocenters. The fourth-order valence-corrected chi connectivity index (χ4v) is 1.60. The van der Waals surface area contributed by atoms with Gasteiger partial charge in [0.15, 0.2) is 5.78 Å². The summed E-state index contributed by atoms with van der Waals surface area (Å²) in [5, 5.41) is 0. The number of carbonyl (C=O) groups excluding carboxylic acids is 3. The van der Waals surface area contributed by atoms with Crippen molar-refractivity contribution in [2.75, 3.05) is 0 Å². The molecule has 0 aliphatic heterocycles. The number of Topliss-reactive ketones (excluding diaryl/α,β-unsaturated/α-hetero) is 1. The predicted octanol–water partition coefficient (Wildman–Crippen LogP) is 1.19. The molecule has 0 aliphatic rings. The van der Waals surface area contributed by atoms with Crippen LogP contribution in [0, 0.1) is 6.92 Å². The first-order valence-electron chi connectivity index (χ1n) is 5.83. The Hall–Kier alpha value is -2.83. The minimum Gasteiger partial charge on any atom is -0.469 e. The topological polar surface area (TPSA) is 104 Å².